The SMILES string of the molecule is Cc1coc(CNc2nc(F)nc3c2ncn3C2CCO2)c1. The van der Waals surface area contributed by atoms with E-state index in [2.05, 4.69) is 20.3 Å². The van der Waals surface area contributed by atoms with Crippen molar-refractivity contribution in [2.75, 3.05) is 11.9 Å². The summed E-state index contributed by atoms with van der Waals surface area (Å²) in [6, 6.07) is 1.91. The van der Waals surface area contributed by atoms with Crippen molar-refractivity contribution in [1.29, 1.82) is 0 Å². The summed E-state index contributed by atoms with van der Waals surface area (Å²) in [5.41, 5.74) is 1.97. The second-order valence-corrected chi connectivity index (χ2v) is 5.22. The van der Waals surface area contributed by atoms with Crippen LogP contribution in [0, 0.1) is 13.0 Å². The first-order valence-electron chi connectivity index (χ1n) is 7.00. The van der Waals surface area contributed by atoms with Crippen LogP contribution in [0.25, 0.3) is 11.2 Å². The summed E-state index contributed by atoms with van der Waals surface area (Å²) in [5.74, 6) is 1.08. The van der Waals surface area contributed by atoms with Crippen LogP contribution in [0.15, 0.2) is 23.1 Å². The van der Waals surface area contributed by atoms with Crippen molar-refractivity contribution >= 4 is 17.0 Å². The van der Waals surface area contributed by atoms with Gasteiger partial charge in [0.15, 0.2) is 17.0 Å². The van der Waals surface area contributed by atoms with Crippen LogP contribution in [-0.2, 0) is 11.3 Å². The molecule has 3 aromatic rings. The second-order valence-electron chi connectivity index (χ2n) is 5.22. The van der Waals surface area contributed by atoms with Crippen molar-refractivity contribution in [2.24, 2.45) is 0 Å². The third kappa shape index (κ3) is 2.21. The van der Waals surface area contributed by atoms with Gasteiger partial charge in [0.1, 0.15) is 12.0 Å². The molecule has 0 aromatic carbocycles. The summed E-state index contributed by atoms with van der Waals surface area (Å²) in [4.78, 5) is 11.9. The van der Waals surface area contributed by atoms with Gasteiger partial charge in [-0.3, -0.25) is 4.57 Å². The average Bonchev–Trinajstić information content (AvgIpc) is 3.02. The molecule has 7 nitrogen and oxygen atoms in total. The Morgan fingerprint density at radius 3 is 3.00 bits per heavy atom. The van der Waals surface area contributed by atoms with Crippen LogP contribution in [-0.4, -0.2) is 26.1 Å². The molecule has 1 fully saturated rings. The molecular formula is C14H14FN5O2. The summed E-state index contributed by atoms with van der Waals surface area (Å²) in [5, 5.41) is 3.04. The van der Waals surface area contributed by atoms with Gasteiger partial charge in [0.2, 0.25) is 0 Å². The molecule has 1 unspecified atom stereocenters. The smallest absolute Gasteiger partial charge is 0.312 e. The van der Waals surface area contributed by atoms with Crippen molar-refractivity contribution in [2.45, 2.75) is 26.1 Å². The molecule has 114 valence electrons. The van der Waals surface area contributed by atoms with Gasteiger partial charge in [0.25, 0.3) is 0 Å². The highest BCUT2D eigenvalue weighted by Gasteiger charge is 2.24. The molecule has 4 rings (SSSR count). The van der Waals surface area contributed by atoms with Gasteiger partial charge < -0.3 is 14.5 Å². The predicted octanol–water partition coefficient (Wildman–Crippen LogP) is 2.40. The number of anilines is 1. The third-order valence-electron chi connectivity index (χ3n) is 3.59. The monoisotopic (exact) mass is 303 g/mol. The van der Waals surface area contributed by atoms with Crippen molar-refractivity contribution < 1.29 is 13.5 Å². The highest BCUT2D eigenvalue weighted by molar-refractivity contribution is 5.82. The van der Waals surface area contributed by atoms with E-state index in [1.54, 1.807) is 17.2 Å². The largest absolute Gasteiger partial charge is 0.467 e. The van der Waals surface area contributed by atoms with Crippen LogP contribution < -0.4 is 5.32 Å². The van der Waals surface area contributed by atoms with E-state index in [4.69, 9.17) is 9.15 Å². The molecular weight excluding hydrogens is 289 g/mol. The molecule has 1 saturated heterocycles. The zero-order valence-corrected chi connectivity index (χ0v) is 11.9. The lowest BCUT2D eigenvalue weighted by Crippen LogP contribution is -2.24. The summed E-state index contributed by atoms with van der Waals surface area (Å²) in [7, 11) is 0. The standard InChI is InChI=1S/C14H14FN5O2/c1-8-4-9(22-6-8)5-16-12-11-13(19-14(15)18-12)20(7-17-11)10-2-3-21-10/h4,6-7,10H,2-3,5H2,1H3,(H,16,18,19). The first-order chi connectivity index (χ1) is 10.7. The number of rotatable bonds is 4. The molecule has 0 spiro atoms. The number of aromatic nitrogens is 4. The van der Waals surface area contributed by atoms with Gasteiger partial charge in [-0.1, -0.05) is 0 Å². The topological polar surface area (TPSA) is 78.0 Å². The summed E-state index contributed by atoms with van der Waals surface area (Å²) < 4.78 is 26.2. The van der Waals surface area contributed by atoms with Gasteiger partial charge in [-0.2, -0.15) is 14.4 Å². The van der Waals surface area contributed by atoms with Crippen LogP contribution in [0.3, 0.4) is 0 Å². The zero-order chi connectivity index (χ0) is 15.1. The minimum Gasteiger partial charge on any atom is -0.467 e. The number of ether oxygens (including phenoxy) is 1. The number of nitrogens with one attached hydrogen (secondary N) is 1. The number of hydrogen-bond acceptors (Lipinski definition) is 6. The lowest BCUT2D eigenvalue weighted by molar-refractivity contribution is -0.0974. The molecule has 0 bridgehead atoms. The predicted molar refractivity (Wildman–Crippen MR) is 75.7 cm³/mol. The van der Waals surface area contributed by atoms with Gasteiger partial charge in [-0.25, -0.2) is 4.98 Å². The highest BCUT2D eigenvalue weighted by atomic mass is 19.1. The summed E-state index contributed by atoms with van der Waals surface area (Å²) >= 11 is 0. The third-order valence-corrected chi connectivity index (χ3v) is 3.59. The normalized spacial score (nSPS) is 17.6. The maximum Gasteiger partial charge on any atom is 0.312 e. The fourth-order valence-corrected chi connectivity index (χ4v) is 2.42. The van der Waals surface area contributed by atoms with Crippen molar-refractivity contribution in [3.8, 4) is 0 Å². The highest BCUT2D eigenvalue weighted by Crippen LogP contribution is 2.28. The molecule has 8 heteroatoms. The van der Waals surface area contributed by atoms with Crippen LogP contribution in [0.1, 0.15) is 24.0 Å². The van der Waals surface area contributed by atoms with Gasteiger partial charge in [-0.15, -0.1) is 0 Å². The number of fused-ring (bicyclic) bond motifs is 1. The van der Waals surface area contributed by atoms with E-state index in [9.17, 15) is 4.39 Å². The average molecular weight is 303 g/mol. The first-order valence-corrected chi connectivity index (χ1v) is 7.00. The fourth-order valence-electron chi connectivity index (χ4n) is 2.42. The maximum absolute atomic E-state index is 13.7. The number of furan rings is 1. The molecule has 1 aliphatic rings. The molecule has 0 aliphatic carbocycles. The van der Waals surface area contributed by atoms with Gasteiger partial charge in [0.05, 0.1) is 25.7 Å². The molecule has 0 radical (unpaired) electrons. The molecule has 1 N–H and O–H groups in total. The van der Waals surface area contributed by atoms with E-state index in [1.165, 1.54) is 0 Å². The second kappa shape index (κ2) is 5.06. The van der Waals surface area contributed by atoms with Crippen LogP contribution in [0.2, 0.25) is 0 Å². The fraction of sp³-hybridized carbons (Fsp3) is 0.357. The van der Waals surface area contributed by atoms with E-state index in [0.717, 1.165) is 17.7 Å². The Bertz CT molecular complexity index is 824. The van der Waals surface area contributed by atoms with E-state index in [0.29, 0.717) is 30.1 Å². The number of hydrogen-bond donors (Lipinski definition) is 1. The molecule has 1 atom stereocenters. The Labute approximate surface area is 125 Å². The van der Waals surface area contributed by atoms with Crippen molar-refractivity contribution in [3.63, 3.8) is 0 Å². The van der Waals surface area contributed by atoms with E-state index >= 15 is 0 Å². The lowest BCUT2D eigenvalue weighted by Gasteiger charge is -2.27. The Morgan fingerprint density at radius 2 is 2.32 bits per heavy atom. The first kappa shape index (κ1) is 13.2. The van der Waals surface area contributed by atoms with Gasteiger partial charge in [-0.05, 0) is 18.6 Å². The molecule has 4 heterocycles. The molecule has 3 aromatic heterocycles. The molecule has 22 heavy (non-hydrogen) atoms. The summed E-state index contributed by atoms with van der Waals surface area (Å²) in [6.07, 6.45) is 3.21. The maximum atomic E-state index is 13.7. The van der Waals surface area contributed by atoms with E-state index in [-0.39, 0.29) is 6.23 Å². The van der Waals surface area contributed by atoms with Crippen LogP contribution in [0.5, 0.6) is 0 Å². The van der Waals surface area contributed by atoms with Gasteiger partial charge in [0, 0.05) is 6.42 Å². The Kier molecular flexibility index (Phi) is 3.04. The zero-order valence-electron chi connectivity index (χ0n) is 11.9. The van der Waals surface area contributed by atoms with E-state index in [1.807, 2.05) is 13.0 Å². The Morgan fingerprint density at radius 1 is 1.45 bits per heavy atom. The van der Waals surface area contributed by atoms with E-state index < -0.39 is 6.08 Å². The quantitative estimate of drug-likeness (QED) is 0.746. The Balaban J connectivity index is 1.66. The Hall–Kier alpha value is -2.48. The minimum atomic E-state index is -0.799. The van der Waals surface area contributed by atoms with Crippen LogP contribution >= 0.6 is 0 Å². The number of aryl methyl sites for hydroxylation is 1. The lowest BCUT2D eigenvalue weighted by atomic mass is 10.3. The number of halogens is 1. The van der Waals surface area contributed by atoms with Gasteiger partial charge >= 0.3 is 6.08 Å². The number of imidazole rings is 1. The molecule has 0 saturated carbocycles. The van der Waals surface area contributed by atoms with Crippen molar-refractivity contribution in [3.05, 3.63) is 36.1 Å². The summed E-state index contributed by atoms with van der Waals surface area (Å²) in [6.45, 7) is 3.03. The number of nitrogens with zero attached hydrogens (tertiary/aromatic N) is 4. The minimum absolute atomic E-state index is 0.125. The van der Waals surface area contributed by atoms with Crippen LogP contribution in [0.4, 0.5) is 10.2 Å². The molecule has 1 aliphatic heterocycles. The molecule has 0 amide bonds. The van der Waals surface area contributed by atoms with Crippen molar-refractivity contribution in [1.82, 2.24) is 19.5 Å².